The van der Waals surface area contributed by atoms with Gasteiger partial charge in [0.2, 0.25) is 0 Å². The normalized spacial score (nSPS) is 38.1. The van der Waals surface area contributed by atoms with E-state index in [-0.39, 0.29) is 35.6 Å². The second-order valence-electron chi connectivity index (χ2n) is 11.9. The van der Waals surface area contributed by atoms with Crippen molar-refractivity contribution in [2.75, 3.05) is 0 Å². The SMILES string of the molecule is C/C(=C\c1csc(C)n1)C1CC2OC2(C)CCCC(C)C(C)C(C)CC(C)(C)C(O)CC(=O)O1. The number of nitrogens with zero attached hydrogens (tertiary/aromatic N) is 1. The summed E-state index contributed by atoms with van der Waals surface area (Å²) in [7, 11) is 0. The van der Waals surface area contributed by atoms with E-state index >= 15 is 0 Å². The van der Waals surface area contributed by atoms with Gasteiger partial charge < -0.3 is 14.6 Å². The predicted octanol–water partition coefficient (Wildman–Crippen LogP) is 6.57. The fraction of sp³-hybridized carbons (Fsp3) is 0.786. The lowest BCUT2D eigenvalue weighted by Gasteiger charge is -2.36. The fourth-order valence-electron chi connectivity index (χ4n) is 5.49. The fourth-order valence-corrected chi connectivity index (χ4v) is 6.06. The number of hydrogen-bond acceptors (Lipinski definition) is 6. The topological polar surface area (TPSA) is 72.0 Å². The summed E-state index contributed by atoms with van der Waals surface area (Å²) in [5.41, 5.74) is 1.35. The molecule has 2 saturated heterocycles. The van der Waals surface area contributed by atoms with Crippen LogP contribution in [0.3, 0.4) is 0 Å². The lowest BCUT2D eigenvalue weighted by molar-refractivity contribution is -0.152. The summed E-state index contributed by atoms with van der Waals surface area (Å²) in [6, 6.07) is 0. The second kappa shape index (κ2) is 10.8. The molecule has 1 N–H and O–H groups in total. The van der Waals surface area contributed by atoms with Crippen LogP contribution in [0.25, 0.3) is 6.08 Å². The maximum Gasteiger partial charge on any atom is 0.309 e. The molecule has 0 spiro atoms. The number of aliphatic hydroxyl groups excluding tert-OH is 1. The Bertz CT molecular complexity index is 878. The summed E-state index contributed by atoms with van der Waals surface area (Å²) < 4.78 is 12.1. The molecule has 0 bridgehead atoms. The molecule has 7 atom stereocenters. The summed E-state index contributed by atoms with van der Waals surface area (Å²) in [5, 5.41) is 14.0. The Morgan fingerprint density at radius 2 is 1.94 bits per heavy atom. The number of carbonyl (C=O) groups is 1. The molecular formula is C28H45NO4S. The molecule has 2 aliphatic heterocycles. The maximum atomic E-state index is 13.0. The summed E-state index contributed by atoms with van der Waals surface area (Å²) in [6.07, 6.45) is 5.81. The standard InChI is InChI=1S/C28H45NO4S/c1-17-10-9-11-28(8)25(33-28)13-23(18(2)12-22-16-34-21(5)29-22)32-26(31)14-24(30)27(6,7)15-19(3)20(17)4/h12,16-17,19-20,23-25,30H,9-11,13-15H2,1-8H3/b18-12+. The lowest BCUT2D eigenvalue weighted by Crippen LogP contribution is -2.36. The number of hydrogen-bond donors (Lipinski definition) is 1. The first kappa shape index (κ1) is 27.3. The molecule has 1 aromatic rings. The first-order valence-corrected chi connectivity index (χ1v) is 13.8. The van der Waals surface area contributed by atoms with Crippen LogP contribution in [-0.2, 0) is 14.3 Å². The van der Waals surface area contributed by atoms with Crippen LogP contribution in [0.4, 0.5) is 0 Å². The summed E-state index contributed by atoms with van der Waals surface area (Å²) in [6.45, 7) is 17.3. The smallest absolute Gasteiger partial charge is 0.309 e. The average Bonchev–Trinajstić information content (AvgIpc) is 3.18. The molecule has 7 unspecified atom stereocenters. The van der Waals surface area contributed by atoms with Crippen molar-refractivity contribution in [2.45, 2.75) is 118 Å². The maximum absolute atomic E-state index is 13.0. The van der Waals surface area contributed by atoms with E-state index in [2.05, 4.69) is 46.5 Å². The van der Waals surface area contributed by atoms with Gasteiger partial charge in [-0.3, -0.25) is 4.79 Å². The minimum Gasteiger partial charge on any atom is -0.458 e. The van der Waals surface area contributed by atoms with Gasteiger partial charge in [-0.25, -0.2) is 4.98 Å². The third kappa shape index (κ3) is 6.92. The second-order valence-corrected chi connectivity index (χ2v) is 13.0. The number of aryl methyl sites for hydroxylation is 1. The molecule has 0 amide bonds. The van der Waals surface area contributed by atoms with Crippen molar-refractivity contribution < 1.29 is 19.4 Å². The molecule has 3 rings (SSSR count). The zero-order chi connectivity index (χ0) is 25.3. The van der Waals surface area contributed by atoms with Crippen molar-refractivity contribution in [3.63, 3.8) is 0 Å². The minimum absolute atomic E-state index is 0.00599. The van der Waals surface area contributed by atoms with Gasteiger partial charge in [0.1, 0.15) is 6.10 Å². The monoisotopic (exact) mass is 491 g/mol. The molecule has 6 heteroatoms. The van der Waals surface area contributed by atoms with E-state index in [4.69, 9.17) is 9.47 Å². The predicted molar refractivity (Wildman–Crippen MR) is 139 cm³/mol. The Hall–Kier alpha value is -1.24. The summed E-state index contributed by atoms with van der Waals surface area (Å²) >= 11 is 1.61. The van der Waals surface area contributed by atoms with Crippen molar-refractivity contribution in [3.8, 4) is 0 Å². The number of fused-ring (bicyclic) bond motifs is 1. The molecule has 0 aliphatic carbocycles. The van der Waals surface area contributed by atoms with Gasteiger partial charge in [-0.05, 0) is 68.4 Å². The van der Waals surface area contributed by atoms with Gasteiger partial charge in [-0.15, -0.1) is 11.3 Å². The number of cyclic esters (lactones) is 1. The highest BCUT2D eigenvalue weighted by Gasteiger charge is 2.52. The van der Waals surface area contributed by atoms with E-state index in [1.807, 2.05) is 25.3 Å². The number of carbonyl (C=O) groups excluding carboxylic acids is 1. The zero-order valence-corrected chi connectivity index (χ0v) is 23.2. The van der Waals surface area contributed by atoms with E-state index in [0.29, 0.717) is 24.2 Å². The third-order valence-corrected chi connectivity index (χ3v) is 9.29. The Balaban J connectivity index is 1.81. The number of aliphatic hydroxyl groups is 1. The molecule has 34 heavy (non-hydrogen) atoms. The van der Waals surface area contributed by atoms with Gasteiger partial charge in [0.05, 0.1) is 34.9 Å². The highest BCUT2D eigenvalue weighted by Crippen LogP contribution is 2.45. The molecule has 0 saturated carbocycles. The number of ether oxygens (including phenoxy) is 2. The van der Waals surface area contributed by atoms with Gasteiger partial charge in [0.15, 0.2) is 0 Å². The molecular weight excluding hydrogens is 446 g/mol. The van der Waals surface area contributed by atoms with Crippen molar-refractivity contribution in [1.29, 1.82) is 0 Å². The molecule has 2 fully saturated rings. The largest absolute Gasteiger partial charge is 0.458 e. The molecule has 3 heterocycles. The molecule has 2 aliphatic rings. The van der Waals surface area contributed by atoms with Crippen LogP contribution in [0.2, 0.25) is 0 Å². The van der Waals surface area contributed by atoms with Crippen LogP contribution in [-0.4, -0.2) is 40.0 Å². The van der Waals surface area contributed by atoms with Crippen molar-refractivity contribution in [3.05, 3.63) is 21.7 Å². The number of aromatic nitrogens is 1. The summed E-state index contributed by atoms with van der Waals surface area (Å²) in [4.78, 5) is 17.5. The highest BCUT2D eigenvalue weighted by atomic mass is 32.1. The van der Waals surface area contributed by atoms with Crippen LogP contribution in [0.1, 0.15) is 97.7 Å². The molecule has 0 radical (unpaired) electrons. The Kier molecular flexibility index (Phi) is 8.68. The minimum atomic E-state index is -0.744. The van der Waals surface area contributed by atoms with E-state index in [1.54, 1.807) is 11.3 Å². The Labute approximate surface area is 210 Å². The van der Waals surface area contributed by atoms with E-state index in [0.717, 1.165) is 35.5 Å². The van der Waals surface area contributed by atoms with Gasteiger partial charge in [0.25, 0.3) is 0 Å². The first-order chi connectivity index (χ1) is 15.8. The molecule has 0 aromatic carbocycles. The van der Waals surface area contributed by atoms with Crippen LogP contribution in [0, 0.1) is 30.1 Å². The van der Waals surface area contributed by atoms with Crippen molar-refractivity contribution >= 4 is 23.4 Å². The highest BCUT2D eigenvalue weighted by molar-refractivity contribution is 7.09. The van der Waals surface area contributed by atoms with E-state index < -0.39 is 6.10 Å². The summed E-state index contributed by atoms with van der Waals surface area (Å²) in [5.74, 6) is 1.28. The third-order valence-electron chi connectivity index (χ3n) is 8.50. The van der Waals surface area contributed by atoms with Crippen LogP contribution < -0.4 is 0 Å². The number of esters is 1. The van der Waals surface area contributed by atoms with Crippen molar-refractivity contribution in [2.24, 2.45) is 23.2 Å². The first-order valence-electron chi connectivity index (χ1n) is 13.0. The zero-order valence-electron chi connectivity index (χ0n) is 22.4. The van der Waals surface area contributed by atoms with Crippen LogP contribution in [0.15, 0.2) is 11.0 Å². The van der Waals surface area contributed by atoms with Crippen LogP contribution >= 0.6 is 11.3 Å². The Morgan fingerprint density at radius 1 is 1.24 bits per heavy atom. The Morgan fingerprint density at radius 3 is 2.59 bits per heavy atom. The average molecular weight is 492 g/mol. The van der Waals surface area contributed by atoms with Crippen molar-refractivity contribution in [1.82, 2.24) is 4.98 Å². The molecule has 1 aromatic heterocycles. The van der Waals surface area contributed by atoms with Gasteiger partial charge in [0, 0.05) is 11.8 Å². The lowest BCUT2D eigenvalue weighted by atomic mass is 9.71. The molecule has 192 valence electrons. The quantitative estimate of drug-likeness (QED) is 0.374. The number of epoxide rings is 1. The van der Waals surface area contributed by atoms with E-state index in [9.17, 15) is 9.90 Å². The van der Waals surface area contributed by atoms with Gasteiger partial charge in [-0.1, -0.05) is 47.5 Å². The van der Waals surface area contributed by atoms with E-state index in [1.165, 1.54) is 6.42 Å². The van der Waals surface area contributed by atoms with Gasteiger partial charge in [-0.2, -0.15) is 0 Å². The molecule has 5 nitrogen and oxygen atoms in total. The van der Waals surface area contributed by atoms with Gasteiger partial charge >= 0.3 is 5.97 Å². The van der Waals surface area contributed by atoms with Crippen LogP contribution in [0.5, 0.6) is 0 Å². The number of rotatable bonds is 2. The number of thiazole rings is 1.